The molecule has 128 valence electrons. The molecule has 3 fully saturated rings. The Morgan fingerprint density at radius 2 is 2.20 bits per heavy atom. The Hall–Kier alpha value is -2.47. The van der Waals surface area contributed by atoms with Gasteiger partial charge in [-0.1, -0.05) is 0 Å². The molecule has 0 amide bonds. The van der Waals surface area contributed by atoms with Crippen molar-refractivity contribution in [3.63, 3.8) is 0 Å². The quantitative estimate of drug-likeness (QED) is 0.741. The lowest BCUT2D eigenvalue weighted by atomic mass is 9.76. The van der Waals surface area contributed by atoms with Crippen LogP contribution >= 0.6 is 0 Å². The number of hydrogen-bond acceptors (Lipinski definition) is 5. The maximum Gasteiger partial charge on any atom is 0.225 e. The normalized spacial score (nSPS) is 25.5. The fourth-order valence-electron chi connectivity index (χ4n) is 4.38. The zero-order chi connectivity index (χ0) is 16.8. The Labute approximate surface area is 145 Å². The van der Waals surface area contributed by atoms with Crippen LogP contribution in [0, 0.1) is 11.8 Å². The number of benzene rings is 1. The van der Waals surface area contributed by atoms with Crippen LogP contribution < -0.4 is 0 Å². The van der Waals surface area contributed by atoms with E-state index in [1.54, 1.807) is 12.5 Å². The first-order chi connectivity index (χ1) is 12.3. The largest absolute Gasteiger partial charge is 0.445 e. The molecule has 0 saturated carbocycles. The topological polar surface area (TPSA) is 75.0 Å². The molecule has 6 rings (SSSR count). The number of aromatic nitrogens is 3. The minimum absolute atomic E-state index is 0.147. The van der Waals surface area contributed by atoms with Crippen molar-refractivity contribution in [3.05, 3.63) is 36.4 Å². The van der Waals surface area contributed by atoms with Crippen molar-refractivity contribution in [3.8, 4) is 11.5 Å². The molecule has 2 aromatic heterocycles. The number of carbonyl (C=O) groups is 1. The highest BCUT2D eigenvalue weighted by molar-refractivity contribution is 6.06. The van der Waals surface area contributed by atoms with E-state index in [1.807, 2.05) is 18.2 Å². The summed E-state index contributed by atoms with van der Waals surface area (Å²) in [5.74, 6) is 1.90. The van der Waals surface area contributed by atoms with E-state index in [-0.39, 0.29) is 5.78 Å². The third-order valence-electron chi connectivity index (χ3n) is 5.75. The Morgan fingerprint density at radius 1 is 1.32 bits per heavy atom. The number of ketones is 1. The van der Waals surface area contributed by atoms with Gasteiger partial charge in [-0.2, -0.15) is 5.10 Å². The lowest BCUT2D eigenvalue weighted by Crippen LogP contribution is -2.47. The molecule has 0 aliphatic carbocycles. The monoisotopic (exact) mass is 336 g/mol. The fourth-order valence-corrected chi connectivity index (χ4v) is 4.38. The standard InChI is InChI=1S/C19H20N4O2/c24-17(10-14-11-23-6-3-12(14)4-7-23)18-15-2-1-13(9-16(15)21-22-18)19-20-5-8-25-19/h1-2,5,8-9,12,14H,3-4,6-7,10-11H2,(H,21,22)/t14-/m0/s1. The summed E-state index contributed by atoms with van der Waals surface area (Å²) in [4.78, 5) is 19.5. The van der Waals surface area contributed by atoms with Gasteiger partial charge < -0.3 is 9.32 Å². The highest BCUT2D eigenvalue weighted by Gasteiger charge is 2.35. The van der Waals surface area contributed by atoms with Crippen molar-refractivity contribution in [2.45, 2.75) is 19.3 Å². The second-order valence-electron chi connectivity index (χ2n) is 7.20. The molecule has 1 aromatic carbocycles. The maximum atomic E-state index is 12.8. The second-order valence-corrected chi connectivity index (χ2v) is 7.20. The maximum absolute atomic E-state index is 12.8. The van der Waals surface area contributed by atoms with E-state index in [2.05, 4.69) is 20.1 Å². The van der Waals surface area contributed by atoms with Gasteiger partial charge in [0.15, 0.2) is 5.78 Å². The van der Waals surface area contributed by atoms with Crippen molar-refractivity contribution >= 4 is 16.7 Å². The molecule has 3 aliphatic rings. The summed E-state index contributed by atoms with van der Waals surface area (Å²) in [6.07, 6.45) is 6.24. The predicted molar refractivity (Wildman–Crippen MR) is 93.2 cm³/mol. The van der Waals surface area contributed by atoms with Gasteiger partial charge in [-0.05, 0) is 56.0 Å². The zero-order valence-electron chi connectivity index (χ0n) is 13.9. The Morgan fingerprint density at radius 3 is 2.92 bits per heavy atom. The predicted octanol–water partition coefficient (Wildman–Crippen LogP) is 3.13. The van der Waals surface area contributed by atoms with Crippen LogP contribution in [0.25, 0.3) is 22.4 Å². The number of aromatic amines is 1. The molecule has 0 unspecified atom stereocenters. The number of piperidine rings is 3. The summed E-state index contributed by atoms with van der Waals surface area (Å²) >= 11 is 0. The number of rotatable bonds is 4. The summed E-state index contributed by atoms with van der Waals surface area (Å²) in [6, 6.07) is 5.79. The summed E-state index contributed by atoms with van der Waals surface area (Å²) in [7, 11) is 0. The van der Waals surface area contributed by atoms with Gasteiger partial charge >= 0.3 is 0 Å². The first kappa shape index (κ1) is 14.8. The molecule has 2 bridgehead atoms. The van der Waals surface area contributed by atoms with Crippen LogP contribution in [0.4, 0.5) is 0 Å². The van der Waals surface area contributed by atoms with Crippen molar-refractivity contribution in [1.82, 2.24) is 20.1 Å². The number of hydrogen-bond donors (Lipinski definition) is 1. The SMILES string of the molecule is O=C(C[C@H]1CN2CCC1CC2)c1n[nH]c2cc(-c3ncco3)ccc12. The smallest absolute Gasteiger partial charge is 0.225 e. The Kier molecular flexibility index (Phi) is 3.45. The highest BCUT2D eigenvalue weighted by atomic mass is 16.3. The average Bonchev–Trinajstić information content (AvgIpc) is 3.32. The molecular weight excluding hydrogens is 316 g/mol. The summed E-state index contributed by atoms with van der Waals surface area (Å²) in [5.41, 5.74) is 2.27. The molecular formula is C19H20N4O2. The van der Waals surface area contributed by atoms with Crippen LogP contribution in [0.15, 0.2) is 35.1 Å². The van der Waals surface area contributed by atoms with Gasteiger partial charge in [0.1, 0.15) is 12.0 Å². The van der Waals surface area contributed by atoms with Gasteiger partial charge in [-0.25, -0.2) is 4.98 Å². The van der Waals surface area contributed by atoms with Crippen LogP contribution in [0.2, 0.25) is 0 Å². The van der Waals surface area contributed by atoms with Crippen LogP contribution in [-0.4, -0.2) is 45.5 Å². The lowest BCUT2D eigenvalue weighted by Gasteiger charge is -2.44. The van der Waals surface area contributed by atoms with Crippen molar-refractivity contribution < 1.29 is 9.21 Å². The number of H-pyrrole nitrogens is 1. The van der Waals surface area contributed by atoms with E-state index >= 15 is 0 Å². The van der Waals surface area contributed by atoms with Gasteiger partial charge in [0.25, 0.3) is 0 Å². The van der Waals surface area contributed by atoms with Crippen LogP contribution in [-0.2, 0) is 0 Å². The molecule has 25 heavy (non-hydrogen) atoms. The van der Waals surface area contributed by atoms with Gasteiger partial charge in [-0.3, -0.25) is 9.89 Å². The van der Waals surface area contributed by atoms with Crippen LogP contribution in [0.1, 0.15) is 29.8 Å². The molecule has 3 saturated heterocycles. The van der Waals surface area contributed by atoms with Gasteiger partial charge in [0.2, 0.25) is 5.89 Å². The van der Waals surface area contributed by atoms with E-state index in [4.69, 9.17) is 4.42 Å². The zero-order valence-corrected chi connectivity index (χ0v) is 13.9. The van der Waals surface area contributed by atoms with Gasteiger partial charge in [0.05, 0.1) is 11.7 Å². The first-order valence-electron chi connectivity index (χ1n) is 8.91. The molecule has 6 nitrogen and oxygen atoms in total. The number of carbonyl (C=O) groups excluding carboxylic acids is 1. The molecule has 3 aliphatic heterocycles. The molecule has 1 N–H and O–H groups in total. The third-order valence-corrected chi connectivity index (χ3v) is 5.75. The molecule has 1 atom stereocenters. The van der Waals surface area contributed by atoms with Crippen LogP contribution in [0.3, 0.4) is 0 Å². The van der Waals surface area contributed by atoms with Crippen LogP contribution in [0.5, 0.6) is 0 Å². The molecule has 0 radical (unpaired) electrons. The minimum atomic E-state index is 0.147. The molecule has 5 heterocycles. The fraction of sp³-hybridized carbons (Fsp3) is 0.421. The lowest BCUT2D eigenvalue weighted by molar-refractivity contribution is 0.0440. The summed E-state index contributed by atoms with van der Waals surface area (Å²) in [5, 5.41) is 8.17. The van der Waals surface area contributed by atoms with E-state index < -0.39 is 0 Å². The Bertz CT molecular complexity index is 907. The van der Waals surface area contributed by atoms with Gasteiger partial charge in [0, 0.05) is 23.9 Å². The summed E-state index contributed by atoms with van der Waals surface area (Å²) < 4.78 is 5.33. The molecule has 3 aromatic rings. The number of nitrogens with one attached hydrogen (secondary N) is 1. The molecule has 6 heteroatoms. The first-order valence-corrected chi connectivity index (χ1v) is 8.91. The van der Waals surface area contributed by atoms with Crippen molar-refractivity contribution in [2.75, 3.05) is 19.6 Å². The van der Waals surface area contributed by atoms with Gasteiger partial charge in [-0.15, -0.1) is 0 Å². The number of oxazole rings is 1. The summed E-state index contributed by atoms with van der Waals surface area (Å²) in [6.45, 7) is 3.46. The molecule has 0 spiro atoms. The number of fused-ring (bicyclic) bond motifs is 4. The minimum Gasteiger partial charge on any atom is -0.445 e. The number of Topliss-reactive ketones (excluding diaryl/α,β-unsaturated/α-hetero) is 1. The average molecular weight is 336 g/mol. The van der Waals surface area contributed by atoms with Crippen molar-refractivity contribution in [1.29, 1.82) is 0 Å². The Balaban J connectivity index is 1.40. The van der Waals surface area contributed by atoms with E-state index in [1.165, 1.54) is 25.9 Å². The number of nitrogens with zero attached hydrogens (tertiary/aromatic N) is 3. The van der Waals surface area contributed by atoms with E-state index in [0.717, 1.165) is 23.0 Å². The van der Waals surface area contributed by atoms with E-state index in [0.29, 0.717) is 29.8 Å². The second kappa shape index (κ2) is 5.81. The highest BCUT2D eigenvalue weighted by Crippen LogP contribution is 2.35. The van der Waals surface area contributed by atoms with E-state index in [9.17, 15) is 4.79 Å². The third kappa shape index (κ3) is 2.57. The van der Waals surface area contributed by atoms with Crippen molar-refractivity contribution in [2.24, 2.45) is 11.8 Å².